The van der Waals surface area contributed by atoms with E-state index in [1.54, 1.807) is 0 Å². The van der Waals surface area contributed by atoms with Gasteiger partial charge >= 0.3 is 0 Å². The van der Waals surface area contributed by atoms with E-state index in [4.69, 9.17) is 0 Å². The molecule has 66 valence electrons. The van der Waals surface area contributed by atoms with Gasteiger partial charge in [0.05, 0.1) is 0 Å². The lowest BCUT2D eigenvalue weighted by molar-refractivity contribution is 0.813. The van der Waals surface area contributed by atoms with Crippen molar-refractivity contribution >= 4 is 5.82 Å². The monoisotopic (exact) mass is 165 g/mol. The van der Waals surface area contributed by atoms with Gasteiger partial charge in [-0.05, 0) is 25.6 Å². The van der Waals surface area contributed by atoms with Gasteiger partial charge in [-0.3, -0.25) is 0 Å². The minimum atomic E-state index is 0.874. The standard InChI is InChI=1S/C9H15N3/c1-3-11-9-5-4-8(6-10-2)7-12-9/h4-5,7,10H,3,6H2,1-2H3,(H,11,12). The fourth-order valence-electron chi connectivity index (χ4n) is 1.02. The fraction of sp³-hybridized carbons (Fsp3) is 0.444. The van der Waals surface area contributed by atoms with Crippen molar-refractivity contribution in [3.63, 3.8) is 0 Å². The number of pyridine rings is 1. The molecule has 0 atom stereocenters. The molecule has 3 nitrogen and oxygen atoms in total. The predicted molar refractivity (Wildman–Crippen MR) is 51.2 cm³/mol. The maximum absolute atomic E-state index is 4.24. The van der Waals surface area contributed by atoms with Crippen LogP contribution < -0.4 is 10.6 Å². The number of aromatic nitrogens is 1. The van der Waals surface area contributed by atoms with Crippen LogP contribution in [-0.4, -0.2) is 18.6 Å². The Kier molecular flexibility index (Phi) is 3.54. The summed E-state index contributed by atoms with van der Waals surface area (Å²) in [5, 5.41) is 6.22. The topological polar surface area (TPSA) is 37.0 Å². The van der Waals surface area contributed by atoms with Crippen LogP contribution in [0.25, 0.3) is 0 Å². The normalized spacial score (nSPS) is 9.83. The van der Waals surface area contributed by atoms with Crippen molar-refractivity contribution in [2.24, 2.45) is 0 Å². The third kappa shape index (κ3) is 2.51. The average Bonchev–Trinajstić information content (AvgIpc) is 2.09. The molecule has 0 aliphatic rings. The number of hydrogen-bond acceptors (Lipinski definition) is 3. The van der Waals surface area contributed by atoms with Gasteiger partial charge in [0.25, 0.3) is 0 Å². The Balaban J connectivity index is 2.58. The molecular formula is C9H15N3. The third-order valence-corrected chi connectivity index (χ3v) is 1.56. The molecule has 3 heteroatoms. The third-order valence-electron chi connectivity index (χ3n) is 1.56. The van der Waals surface area contributed by atoms with Crippen LogP contribution in [0, 0.1) is 0 Å². The van der Waals surface area contributed by atoms with Crippen LogP contribution in [0.15, 0.2) is 18.3 Å². The molecule has 1 heterocycles. The van der Waals surface area contributed by atoms with Gasteiger partial charge in [-0.2, -0.15) is 0 Å². The zero-order chi connectivity index (χ0) is 8.81. The van der Waals surface area contributed by atoms with Crippen LogP contribution in [0.1, 0.15) is 12.5 Å². The van der Waals surface area contributed by atoms with Crippen LogP contribution in [0.3, 0.4) is 0 Å². The average molecular weight is 165 g/mol. The van der Waals surface area contributed by atoms with Gasteiger partial charge in [0, 0.05) is 19.3 Å². The number of hydrogen-bond donors (Lipinski definition) is 2. The van der Waals surface area contributed by atoms with Gasteiger partial charge in [0.2, 0.25) is 0 Å². The summed E-state index contributed by atoms with van der Waals surface area (Å²) in [5.41, 5.74) is 1.21. The van der Waals surface area contributed by atoms with Crippen molar-refractivity contribution < 1.29 is 0 Å². The Hall–Kier alpha value is -1.09. The van der Waals surface area contributed by atoms with Crippen LogP contribution >= 0.6 is 0 Å². The predicted octanol–water partition coefficient (Wildman–Crippen LogP) is 1.23. The lowest BCUT2D eigenvalue weighted by atomic mass is 10.3. The molecule has 2 N–H and O–H groups in total. The molecule has 0 amide bonds. The van der Waals surface area contributed by atoms with E-state index in [-0.39, 0.29) is 0 Å². The first-order valence-electron chi connectivity index (χ1n) is 4.20. The SMILES string of the molecule is CCNc1ccc(CNC)cn1. The molecule has 0 aliphatic heterocycles. The van der Waals surface area contributed by atoms with Crippen molar-refractivity contribution in [3.05, 3.63) is 23.9 Å². The number of rotatable bonds is 4. The first kappa shape index (κ1) is 9.00. The Bertz CT molecular complexity index is 193. The van der Waals surface area contributed by atoms with E-state index in [1.165, 1.54) is 5.56 Å². The van der Waals surface area contributed by atoms with E-state index in [0.29, 0.717) is 0 Å². The van der Waals surface area contributed by atoms with Crippen LogP contribution in [0.2, 0.25) is 0 Å². The van der Waals surface area contributed by atoms with E-state index in [9.17, 15) is 0 Å². The summed E-state index contributed by atoms with van der Waals surface area (Å²) in [6, 6.07) is 4.07. The zero-order valence-corrected chi connectivity index (χ0v) is 7.59. The number of anilines is 1. The molecule has 0 aliphatic carbocycles. The van der Waals surface area contributed by atoms with Crippen LogP contribution in [0.4, 0.5) is 5.82 Å². The zero-order valence-electron chi connectivity index (χ0n) is 7.59. The molecule has 1 aromatic rings. The van der Waals surface area contributed by atoms with E-state index >= 15 is 0 Å². The molecule has 1 rings (SSSR count). The highest BCUT2D eigenvalue weighted by Crippen LogP contribution is 2.03. The molecule has 12 heavy (non-hydrogen) atoms. The van der Waals surface area contributed by atoms with E-state index < -0.39 is 0 Å². The van der Waals surface area contributed by atoms with Crippen molar-refractivity contribution in [2.45, 2.75) is 13.5 Å². The largest absolute Gasteiger partial charge is 0.370 e. The van der Waals surface area contributed by atoms with Crippen LogP contribution in [0.5, 0.6) is 0 Å². The first-order valence-corrected chi connectivity index (χ1v) is 4.20. The fourth-order valence-corrected chi connectivity index (χ4v) is 1.02. The summed E-state index contributed by atoms with van der Waals surface area (Å²) in [6.45, 7) is 3.85. The van der Waals surface area contributed by atoms with E-state index in [1.807, 2.05) is 19.3 Å². The molecule has 0 bridgehead atoms. The van der Waals surface area contributed by atoms with E-state index in [2.05, 4.69) is 28.6 Å². The summed E-state index contributed by atoms with van der Waals surface area (Å²) in [7, 11) is 1.93. The summed E-state index contributed by atoms with van der Waals surface area (Å²) in [5.74, 6) is 0.942. The second kappa shape index (κ2) is 4.72. The quantitative estimate of drug-likeness (QED) is 0.704. The van der Waals surface area contributed by atoms with Crippen molar-refractivity contribution in [3.8, 4) is 0 Å². The summed E-state index contributed by atoms with van der Waals surface area (Å²) >= 11 is 0. The van der Waals surface area contributed by atoms with Gasteiger partial charge < -0.3 is 10.6 Å². The Morgan fingerprint density at radius 3 is 2.75 bits per heavy atom. The Morgan fingerprint density at radius 1 is 1.42 bits per heavy atom. The van der Waals surface area contributed by atoms with Crippen molar-refractivity contribution in [1.82, 2.24) is 10.3 Å². The summed E-state index contributed by atoms with van der Waals surface area (Å²) in [4.78, 5) is 4.24. The summed E-state index contributed by atoms with van der Waals surface area (Å²) in [6.07, 6.45) is 1.88. The van der Waals surface area contributed by atoms with Crippen molar-refractivity contribution in [2.75, 3.05) is 18.9 Å². The highest BCUT2D eigenvalue weighted by atomic mass is 15.0. The Labute approximate surface area is 73.2 Å². The highest BCUT2D eigenvalue weighted by Gasteiger charge is 1.92. The molecule has 0 aromatic carbocycles. The summed E-state index contributed by atoms with van der Waals surface area (Å²) < 4.78 is 0. The van der Waals surface area contributed by atoms with Gasteiger partial charge in [0.1, 0.15) is 5.82 Å². The lowest BCUT2D eigenvalue weighted by Crippen LogP contribution is -2.06. The molecule has 0 saturated carbocycles. The first-order chi connectivity index (χ1) is 5.86. The maximum Gasteiger partial charge on any atom is 0.125 e. The van der Waals surface area contributed by atoms with Gasteiger partial charge in [-0.1, -0.05) is 6.07 Å². The molecule has 0 unspecified atom stereocenters. The maximum atomic E-state index is 4.24. The molecule has 0 radical (unpaired) electrons. The second-order valence-electron chi connectivity index (χ2n) is 2.61. The molecule has 0 saturated heterocycles. The molecule has 1 aromatic heterocycles. The molecular weight excluding hydrogens is 150 g/mol. The van der Waals surface area contributed by atoms with Gasteiger partial charge in [-0.25, -0.2) is 4.98 Å². The minimum absolute atomic E-state index is 0.874. The number of nitrogens with zero attached hydrogens (tertiary/aromatic N) is 1. The number of nitrogens with one attached hydrogen (secondary N) is 2. The lowest BCUT2D eigenvalue weighted by Gasteiger charge is -2.03. The second-order valence-corrected chi connectivity index (χ2v) is 2.61. The minimum Gasteiger partial charge on any atom is -0.370 e. The van der Waals surface area contributed by atoms with Gasteiger partial charge in [0.15, 0.2) is 0 Å². The van der Waals surface area contributed by atoms with E-state index in [0.717, 1.165) is 18.9 Å². The van der Waals surface area contributed by atoms with Crippen molar-refractivity contribution in [1.29, 1.82) is 0 Å². The molecule has 0 spiro atoms. The smallest absolute Gasteiger partial charge is 0.125 e. The van der Waals surface area contributed by atoms with Gasteiger partial charge in [-0.15, -0.1) is 0 Å². The Morgan fingerprint density at radius 2 is 2.25 bits per heavy atom. The molecule has 0 fully saturated rings. The highest BCUT2D eigenvalue weighted by molar-refractivity contribution is 5.35. The van der Waals surface area contributed by atoms with Crippen LogP contribution in [-0.2, 0) is 6.54 Å².